The maximum absolute atomic E-state index is 12.1. The number of ether oxygens (including phenoxy) is 1. The van der Waals surface area contributed by atoms with Crippen molar-refractivity contribution in [2.24, 2.45) is 0 Å². The molecule has 0 aliphatic heterocycles. The molecule has 1 N–H and O–H groups in total. The fourth-order valence-corrected chi connectivity index (χ4v) is 2.99. The Balaban J connectivity index is 2.12. The number of nitrogens with one attached hydrogen (secondary N) is 1. The van der Waals surface area contributed by atoms with Crippen LogP contribution >= 0.6 is 0 Å². The number of carbonyl (C=O) groups excluding carboxylic acids is 1. The second-order valence-electron chi connectivity index (χ2n) is 4.94. The van der Waals surface area contributed by atoms with E-state index in [1.54, 1.807) is 0 Å². The van der Waals surface area contributed by atoms with Gasteiger partial charge in [-0.05, 0) is 30.9 Å². The van der Waals surface area contributed by atoms with E-state index in [2.05, 4.69) is 24.0 Å². The van der Waals surface area contributed by atoms with Crippen LogP contribution in [0.3, 0.4) is 0 Å². The number of para-hydroxylation sites is 1. The van der Waals surface area contributed by atoms with Crippen molar-refractivity contribution in [2.45, 2.75) is 32.1 Å². The summed E-state index contributed by atoms with van der Waals surface area (Å²) in [6.07, 6.45) is 0.852. The predicted molar refractivity (Wildman–Crippen MR) is 70.7 cm³/mol. The monoisotopic (exact) mass is 243 g/mol. The number of fused-ring (bicyclic) bond motifs is 3. The third-order valence-electron chi connectivity index (χ3n) is 3.78. The van der Waals surface area contributed by atoms with Crippen LogP contribution in [0.1, 0.15) is 43.4 Å². The van der Waals surface area contributed by atoms with Gasteiger partial charge in [0.25, 0.3) is 0 Å². The van der Waals surface area contributed by atoms with E-state index in [-0.39, 0.29) is 11.9 Å². The molecule has 0 radical (unpaired) electrons. The Bertz CT molecular complexity index is 600. The van der Waals surface area contributed by atoms with Crippen molar-refractivity contribution in [3.8, 4) is 0 Å². The molecule has 0 spiro atoms. The summed E-state index contributed by atoms with van der Waals surface area (Å²) < 4.78 is 5.20. The van der Waals surface area contributed by atoms with Crippen LogP contribution in [0.4, 0.5) is 0 Å². The second kappa shape index (κ2) is 4.16. The molecule has 1 heterocycles. The van der Waals surface area contributed by atoms with Gasteiger partial charge in [-0.3, -0.25) is 4.79 Å². The molecule has 0 bridgehead atoms. The van der Waals surface area contributed by atoms with Crippen LogP contribution in [0, 0.1) is 0 Å². The van der Waals surface area contributed by atoms with Crippen molar-refractivity contribution >= 4 is 16.9 Å². The summed E-state index contributed by atoms with van der Waals surface area (Å²) in [5, 5.41) is 1.16. The van der Waals surface area contributed by atoms with E-state index in [4.69, 9.17) is 4.74 Å². The first-order valence-corrected chi connectivity index (χ1v) is 6.49. The first-order chi connectivity index (χ1) is 8.72. The molecule has 18 heavy (non-hydrogen) atoms. The third kappa shape index (κ3) is 1.54. The number of esters is 1. The van der Waals surface area contributed by atoms with E-state index in [1.807, 2.05) is 19.1 Å². The molecule has 0 saturated carbocycles. The number of carbonyl (C=O) groups is 1. The van der Waals surface area contributed by atoms with Crippen LogP contribution < -0.4 is 0 Å². The van der Waals surface area contributed by atoms with Gasteiger partial charge in [0.15, 0.2) is 0 Å². The Labute approximate surface area is 106 Å². The maximum atomic E-state index is 12.1. The summed E-state index contributed by atoms with van der Waals surface area (Å²) in [5.74, 6) is 0.195. The molecular weight excluding hydrogens is 226 g/mol. The van der Waals surface area contributed by atoms with Crippen molar-refractivity contribution in [3.05, 3.63) is 35.5 Å². The largest absolute Gasteiger partial charge is 0.466 e. The first kappa shape index (κ1) is 11.3. The molecule has 1 aromatic carbocycles. The lowest BCUT2D eigenvalue weighted by Crippen LogP contribution is -2.13. The third-order valence-corrected chi connectivity index (χ3v) is 3.78. The highest BCUT2D eigenvalue weighted by Gasteiger charge is 2.37. The van der Waals surface area contributed by atoms with E-state index < -0.39 is 0 Å². The molecule has 94 valence electrons. The first-order valence-electron chi connectivity index (χ1n) is 6.49. The summed E-state index contributed by atoms with van der Waals surface area (Å²) in [6, 6.07) is 8.16. The van der Waals surface area contributed by atoms with Crippen LogP contribution in [0.2, 0.25) is 0 Å². The average molecular weight is 243 g/mol. The van der Waals surface area contributed by atoms with E-state index in [0.717, 1.165) is 22.9 Å². The molecule has 2 atom stereocenters. The van der Waals surface area contributed by atoms with Gasteiger partial charge in [0.05, 0.1) is 12.5 Å². The van der Waals surface area contributed by atoms with Crippen LogP contribution in [-0.2, 0) is 9.53 Å². The number of aromatic amines is 1. The summed E-state index contributed by atoms with van der Waals surface area (Å²) in [7, 11) is 0. The minimum Gasteiger partial charge on any atom is -0.466 e. The maximum Gasteiger partial charge on any atom is 0.313 e. The van der Waals surface area contributed by atoms with Crippen molar-refractivity contribution < 1.29 is 9.53 Å². The predicted octanol–water partition coefficient (Wildman–Crippen LogP) is 3.32. The zero-order valence-corrected chi connectivity index (χ0v) is 10.7. The van der Waals surface area contributed by atoms with Gasteiger partial charge in [-0.25, -0.2) is 0 Å². The highest BCUT2D eigenvalue weighted by Crippen LogP contribution is 2.45. The minimum absolute atomic E-state index is 0.0900. The summed E-state index contributed by atoms with van der Waals surface area (Å²) in [4.78, 5) is 15.5. The number of H-pyrrole nitrogens is 1. The number of hydrogen-bond donors (Lipinski definition) is 1. The lowest BCUT2D eigenvalue weighted by atomic mass is 9.99. The molecule has 0 amide bonds. The Morgan fingerprint density at radius 1 is 1.44 bits per heavy atom. The average Bonchev–Trinajstić information content (AvgIpc) is 2.88. The topological polar surface area (TPSA) is 42.1 Å². The molecule has 3 rings (SSSR count). The number of aromatic nitrogens is 1. The molecule has 3 nitrogen and oxygen atoms in total. The van der Waals surface area contributed by atoms with Gasteiger partial charge in [0.2, 0.25) is 0 Å². The normalized spacial score (nSPS) is 22.1. The highest BCUT2D eigenvalue weighted by molar-refractivity contribution is 5.92. The van der Waals surface area contributed by atoms with Crippen LogP contribution in [0.5, 0.6) is 0 Å². The quantitative estimate of drug-likeness (QED) is 0.822. The summed E-state index contributed by atoms with van der Waals surface area (Å²) >= 11 is 0. The fraction of sp³-hybridized carbons (Fsp3) is 0.400. The molecule has 1 aromatic heterocycles. The highest BCUT2D eigenvalue weighted by atomic mass is 16.5. The Hall–Kier alpha value is -1.77. The van der Waals surface area contributed by atoms with Crippen molar-refractivity contribution in [1.82, 2.24) is 4.98 Å². The Morgan fingerprint density at radius 2 is 2.22 bits per heavy atom. The molecule has 2 aromatic rings. The van der Waals surface area contributed by atoms with Gasteiger partial charge < -0.3 is 9.72 Å². The molecule has 0 unspecified atom stereocenters. The molecule has 0 fully saturated rings. The van der Waals surface area contributed by atoms with E-state index in [9.17, 15) is 4.79 Å². The van der Waals surface area contributed by atoms with Gasteiger partial charge in [-0.2, -0.15) is 0 Å². The van der Waals surface area contributed by atoms with Crippen LogP contribution in [-0.4, -0.2) is 17.6 Å². The summed E-state index contributed by atoms with van der Waals surface area (Å²) in [6.45, 7) is 4.46. The van der Waals surface area contributed by atoms with Gasteiger partial charge in [0, 0.05) is 16.6 Å². The van der Waals surface area contributed by atoms with Crippen molar-refractivity contribution in [3.63, 3.8) is 0 Å². The number of rotatable bonds is 2. The van der Waals surface area contributed by atoms with Crippen molar-refractivity contribution in [1.29, 1.82) is 0 Å². The minimum atomic E-state index is -0.105. The van der Waals surface area contributed by atoms with Gasteiger partial charge in [-0.15, -0.1) is 0 Å². The molecule has 3 heteroatoms. The second-order valence-corrected chi connectivity index (χ2v) is 4.94. The SMILES string of the molecule is CCOC(=O)[C@H]1C[C@H](C)c2[nH]c3ccccc3c21. The number of benzene rings is 1. The molecule has 1 aliphatic rings. The summed E-state index contributed by atoms with van der Waals surface area (Å²) in [5.41, 5.74) is 3.47. The van der Waals surface area contributed by atoms with E-state index in [1.165, 1.54) is 5.69 Å². The Morgan fingerprint density at radius 3 is 3.00 bits per heavy atom. The van der Waals surface area contributed by atoms with E-state index in [0.29, 0.717) is 12.5 Å². The molecular formula is C15H17NO2. The molecule has 1 aliphatic carbocycles. The van der Waals surface area contributed by atoms with Crippen molar-refractivity contribution in [2.75, 3.05) is 6.61 Å². The lowest BCUT2D eigenvalue weighted by Gasteiger charge is -2.10. The van der Waals surface area contributed by atoms with Gasteiger partial charge >= 0.3 is 5.97 Å². The molecule has 0 saturated heterocycles. The van der Waals surface area contributed by atoms with Crippen LogP contribution in [0.25, 0.3) is 10.9 Å². The standard InChI is InChI=1S/C15H17NO2/c1-3-18-15(17)11-8-9(2)14-13(11)10-6-4-5-7-12(10)16-14/h4-7,9,11,16H,3,8H2,1-2H3/t9-,11-/m0/s1. The zero-order chi connectivity index (χ0) is 12.7. The van der Waals surface area contributed by atoms with E-state index >= 15 is 0 Å². The lowest BCUT2D eigenvalue weighted by molar-refractivity contribution is -0.144. The van der Waals surface area contributed by atoms with Gasteiger partial charge in [0.1, 0.15) is 0 Å². The van der Waals surface area contributed by atoms with Gasteiger partial charge in [-0.1, -0.05) is 25.1 Å². The van der Waals surface area contributed by atoms with Crippen LogP contribution in [0.15, 0.2) is 24.3 Å². The smallest absolute Gasteiger partial charge is 0.313 e. The fourth-order valence-electron chi connectivity index (χ4n) is 2.99. The number of hydrogen-bond acceptors (Lipinski definition) is 2. The zero-order valence-electron chi connectivity index (χ0n) is 10.7. The Kier molecular flexibility index (Phi) is 2.62.